The number of benzene rings is 1. The molecule has 1 aromatic carbocycles. The van der Waals surface area contributed by atoms with E-state index in [1.807, 2.05) is 45.3 Å². The maximum atomic E-state index is 5.95. The number of aromatic nitrogens is 2. The smallest absolute Gasteiger partial charge is 0.134 e. The van der Waals surface area contributed by atoms with E-state index in [-0.39, 0.29) is 6.04 Å². The van der Waals surface area contributed by atoms with Gasteiger partial charge in [-0.05, 0) is 38.7 Å². The van der Waals surface area contributed by atoms with E-state index >= 15 is 0 Å². The summed E-state index contributed by atoms with van der Waals surface area (Å²) in [6, 6.07) is 9.80. The van der Waals surface area contributed by atoms with Crippen molar-refractivity contribution in [3.05, 3.63) is 51.9 Å². The molecule has 0 fully saturated rings. The van der Waals surface area contributed by atoms with Gasteiger partial charge in [-0.2, -0.15) is 0 Å². The Labute approximate surface area is 135 Å². The highest BCUT2D eigenvalue weighted by atomic mass is 35.5. The minimum absolute atomic E-state index is 0.205. The fourth-order valence-electron chi connectivity index (χ4n) is 2.11. The SMILES string of the molecule is Cc1nc(Cl)cc(NCC(c2ccc(Cl)cc2)N(C)C)n1. The lowest BCUT2D eigenvalue weighted by Gasteiger charge is -2.25. The van der Waals surface area contributed by atoms with Crippen molar-refractivity contribution >= 4 is 29.0 Å². The predicted octanol–water partition coefficient (Wildman–Crippen LogP) is 3.81. The van der Waals surface area contributed by atoms with Gasteiger partial charge in [0.05, 0.1) is 6.04 Å². The van der Waals surface area contributed by atoms with Gasteiger partial charge in [0.15, 0.2) is 0 Å². The van der Waals surface area contributed by atoms with Gasteiger partial charge in [-0.25, -0.2) is 9.97 Å². The molecule has 0 saturated heterocycles. The van der Waals surface area contributed by atoms with Crippen LogP contribution in [0.25, 0.3) is 0 Å². The summed E-state index contributed by atoms with van der Waals surface area (Å²) in [5, 5.41) is 4.49. The maximum Gasteiger partial charge on any atom is 0.134 e. The average Bonchev–Trinajstić information content (AvgIpc) is 2.39. The van der Waals surface area contributed by atoms with Gasteiger partial charge in [0.25, 0.3) is 0 Å². The Kier molecular flexibility index (Phi) is 5.39. The first kappa shape index (κ1) is 16.0. The molecule has 0 saturated carbocycles. The molecule has 0 aliphatic rings. The molecule has 1 atom stereocenters. The number of likely N-dealkylation sites (N-methyl/N-ethyl adjacent to an activating group) is 1. The molecule has 0 aliphatic heterocycles. The van der Waals surface area contributed by atoms with Gasteiger partial charge < -0.3 is 10.2 Å². The molecular weight excluding hydrogens is 307 g/mol. The molecule has 1 unspecified atom stereocenters. The fraction of sp³-hybridized carbons (Fsp3) is 0.333. The summed E-state index contributed by atoms with van der Waals surface area (Å²) < 4.78 is 0. The number of anilines is 1. The first-order valence-corrected chi connectivity index (χ1v) is 7.38. The maximum absolute atomic E-state index is 5.95. The van der Waals surface area contributed by atoms with Gasteiger partial charge in [0.2, 0.25) is 0 Å². The number of nitrogens with zero attached hydrogens (tertiary/aromatic N) is 3. The van der Waals surface area contributed by atoms with Gasteiger partial charge in [0.1, 0.15) is 16.8 Å². The lowest BCUT2D eigenvalue weighted by Crippen LogP contribution is -2.27. The summed E-state index contributed by atoms with van der Waals surface area (Å²) >= 11 is 11.9. The number of hydrogen-bond donors (Lipinski definition) is 1. The fourth-order valence-corrected chi connectivity index (χ4v) is 2.46. The molecule has 0 bridgehead atoms. The van der Waals surface area contributed by atoms with Crippen LogP contribution >= 0.6 is 23.2 Å². The van der Waals surface area contributed by atoms with Crippen molar-refractivity contribution in [2.45, 2.75) is 13.0 Å². The Hall–Kier alpha value is -1.36. The van der Waals surface area contributed by atoms with E-state index in [9.17, 15) is 0 Å². The largest absolute Gasteiger partial charge is 0.368 e. The van der Waals surface area contributed by atoms with Crippen LogP contribution in [0.3, 0.4) is 0 Å². The third-order valence-corrected chi connectivity index (χ3v) is 3.61. The van der Waals surface area contributed by atoms with Gasteiger partial charge >= 0.3 is 0 Å². The van der Waals surface area contributed by atoms with E-state index < -0.39 is 0 Å². The van der Waals surface area contributed by atoms with E-state index in [0.717, 1.165) is 10.8 Å². The normalized spacial score (nSPS) is 12.5. The Morgan fingerprint density at radius 3 is 2.38 bits per heavy atom. The highest BCUT2D eigenvalue weighted by molar-refractivity contribution is 6.30. The summed E-state index contributed by atoms with van der Waals surface area (Å²) in [5.41, 5.74) is 1.19. The minimum atomic E-state index is 0.205. The second-order valence-electron chi connectivity index (χ2n) is 5.03. The predicted molar refractivity (Wildman–Crippen MR) is 88.1 cm³/mol. The van der Waals surface area contributed by atoms with Crippen LogP contribution in [0.2, 0.25) is 10.2 Å². The molecular formula is C15H18Cl2N4. The molecule has 0 radical (unpaired) electrons. The summed E-state index contributed by atoms with van der Waals surface area (Å²) in [5.74, 6) is 1.38. The quantitative estimate of drug-likeness (QED) is 0.849. The zero-order chi connectivity index (χ0) is 15.4. The molecule has 21 heavy (non-hydrogen) atoms. The first-order chi connectivity index (χ1) is 9.95. The third-order valence-electron chi connectivity index (χ3n) is 3.16. The lowest BCUT2D eigenvalue weighted by atomic mass is 10.1. The lowest BCUT2D eigenvalue weighted by molar-refractivity contribution is 0.311. The van der Waals surface area contributed by atoms with Gasteiger partial charge in [0, 0.05) is 17.6 Å². The zero-order valence-electron chi connectivity index (χ0n) is 12.3. The standard InChI is InChI=1S/C15H18Cl2N4/c1-10-19-14(17)8-15(20-10)18-9-13(21(2)3)11-4-6-12(16)7-5-11/h4-8,13H,9H2,1-3H3,(H,18,19,20). The molecule has 1 heterocycles. The molecule has 1 N–H and O–H groups in total. The van der Waals surface area contributed by atoms with E-state index in [0.29, 0.717) is 17.5 Å². The molecule has 6 heteroatoms. The first-order valence-electron chi connectivity index (χ1n) is 6.62. The van der Waals surface area contributed by atoms with Crippen molar-refractivity contribution in [1.29, 1.82) is 0 Å². The van der Waals surface area contributed by atoms with Gasteiger partial charge in [-0.3, -0.25) is 0 Å². The van der Waals surface area contributed by atoms with Crippen LogP contribution in [-0.4, -0.2) is 35.5 Å². The molecule has 0 aliphatic carbocycles. The van der Waals surface area contributed by atoms with Crippen molar-refractivity contribution in [2.24, 2.45) is 0 Å². The summed E-state index contributed by atoms with van der Waals surface area (Å²) in [4.78, 5) is 10.5. The van der Waals surface area contributed by atoms with E-state index in [2.05, 4.69) is 20.2 Å². The number of nitrogens with one attached hydrogen (secondary N) is 1. The highest BCUT2D eigenvalue weighted by Gasteiger charge is 2.14. The van der Waals surface area contributed by atoms with Crippen LogP contribution in [0.15, 0.2) is 30.3 Å². The van der Waals surface area contributed by atoms with Gasteiger partial charge in [-0.15, -0.1) is 0 Å². The third kappa shape index (κ3) is 4.56. The molecule has 1 aromatic heterocycles. The van der Waals surface area contributed by atoms with E-state index in [1.165, 1.54) is 5.56 Å². The number of halogens is 2. The van der Waals surface area contributed by atoms with Crippen molar-refractivity contribution in [1.82, 2.24) is 14.9 Å². The van der Waals surface area contributed by atoms with Crippen LogP contribution in [0.5, 0.6) is 0 Å². The van der Waals surface area contributed by atoms with Crippen LogP contribution in [0.1, 0.15) is 17.4 Å². The van der Waals surface area contributed by atoms with Crippen molar-refractivity contribution in [2.75, 3.05) is 26.0 Å². The minimum Gasteiger partial charge on any atom is -0.368 e. The van der Waals surface area contributed by atoms with Crippen LogP contribution in [0, 0.1) is 6.92 Å². The number of hydrogen-bond acceptors (Lipinski definition) is 4. The highest BCUT2D eigenvalue weighted by Crippen LogP contribution is 2.21. The van der Waals surface area contributed by atoms with Crippen LogP contribution in [0.4, 0.5) is 5.82 Å². The van der Waals surface area contributed by atoms with Crippen LogP contribution < -0.4 is 5.32 Å². The summed E-state index contributed by atoms with van der Waals surface area (Å²) in [6.45, 7) is 2.53. The monoisotopic (exact) mass is 324 g/mol. The van der Waals surface area contributed by atoms with E-state index in [4.69, 9.17) is 23.2 Å². The molecule has 0 amide bonds. The number of aryl methyl sites for hydroxylation is 1. The Bertz CT molecular complexity index is 579. The van der Waals surface area contributed by atoms with Crippen molar-refractivity contribution in [3.8, 4) is 0 Å². The Morgan fingerprint density at radius 2 is 1.81 bits per heavy atom. The van der Waals surface area contributed by atoms with Crippen molar-refractivity contribution < 1.29 is 0 Å². The second kappa shape index (κ2) is 7.07. The van der Waals surface area contributed by atoms with Crippen LogP contribution in [-0.2, 0) is 0 Å². The Morgan fingerprint density at radius 1 is 1.14 bits per heavy atom. The Balaban J connectivity index is 2.11. The van der Waals surface area contributed by atoms with Gasteiger partial charge in [-0.1, -0.05) is 35.3 Å². The molecule has 4 nitrogen and oxygen atoms in total. The molecule has 2 rings (SSSR count). The second-order valence-corrected chi connectivity index (χ2v) is 5.86. The van der Waals surface area contributed by atoms with Crippen molar-refractivity contribution in [3.63, 3.8) is 0 Å². The summed E-state index contributed by atoms with van der Waals surface area (Å²) in [6.07, 6.45) is 0. The average molecular weight is 325 g/mol. The van der Waals surface area contributed by atoms with E-state index in [1.54, 1.807) is 6.07 Å². The molecule has 112 valence electrons. The zero-order valence-corrected chi connectivity index (χ0v) is 13.8. The summed E-state index contributed by atoms with van der Waals surface area (Å²) in [7, 11) is 4.08. The molecule has 0 spiro atoms. The number of rotatable bonds is 5. The topological polar surface area (TPSA) is 41.1 Å². The molecule has 2 aromatic rings.